The summed E-state index contributed by atoms with van der Waals surface area (Å²) in [6.07, 6.45) is -4.36. The van der Waals surface area contributed by atoms with Gasteiger partial charge < -0.3 is 5.32 Å². The maximum atomic E-state index is 12.8. The molecule has 1 heterocycles. The van der Waals surface area contributed by atoms with Crippen LogP contribution in [-0.4, -0.2) is 16.1 Å². The monoisotopic (exact) mass is 403 g/mol. The summed E-state index contributed by atoms with van der Waals surface area (Å²) in [4.78, 5) is 12.2. The van der Waals surface area contributed by atoms with E-state index in [1.807, 2.05) is 19.1 Å². The van der Waals surface area contributed by atoms with Gasteiger partial charge in [0.25, 0.3) is 5.91 Å². The molecule has 0 atom stereocenters. The van der Waals surface area contributed by atoms with Crippen LogP contribution in [0, 0.1) is 6.92 Å². The van der Waals surface area contributed by atoms with E-state index in [9.17, 15) is 18.0 Å². The molecular formula is C20H16F3N3OS. The quantitative estimate of drug-likeness (QED) is 0.584. The van der Waals surface area contributed by atoms with Crippen molar-refractivity contribution in [1.29, 1.82) is 0 Å². The zero-order valence-corrected chi connectivity index (χ0v) is 15.6. The molecule has 0 saturated heterocycles. The molecule has 0 unspecified atom stereocenters. The van der Waals surface area contributed by atoms with Gasteiger partial charge in [-0.3, -0.25) is 4.79 Å². The van der Waals surface area contributed by atoms with Gasteiger partial charge in [-0.2, -0.15) is 13.2 Å². The third kappa shape index (κ3) is 5.32. The van der Waals surface area contributed by atoms with Crippen LogP contribution in [0.5, 0.6) is 0 Å². The van der Waals surface area contributed by atoms with Crippen molar-refractivity contribution in [3.8, 4) is 0 Å². The normalized spacial score (nSPS) is 11.3. The third-order valence-corrected chi connectivity index (χ3v) is 4.83. The summed E-state index contributed by atoms with van der Waals surface area (Å²) in [6, 6.07) is 15.6. The Morgan fingerprint density at radius 1 is 1.04 bits per heavy atom. The average Bonchev–Trinajstić information content (AvgIpc) is 2.67. The molecule has 0 aliphatic carbocycles. The number of thioether (sulfide) groups is 1. The van der Waals surface area contributed by atoms with E-state index in [2.05, 4.69) is 15.5 Å². The molecule has 4 nitrogen and oxygen atoms in total. The second-order valence-corrected chi connectivity index (χ2v) is 7.06. The lowest BCUT2D eigenvalue weighted by Gasteiger charge is -2.08. The van der Waals surface area contributed by atoms with E-state index in [1.165, 1.54) is 17.8 Å². The van der Waals surface area contributed by atoms with Gasteiger partial charge in [0.15, 0.2) is 5.82 Å². The lowest BCUT2D eigenvalue weighted by molar-refractivity contribution is -0.137. The van der Waals surface area contributed by atoms with Gasteiger partial charge in [-0.1, -0.05) is 47.7 Å². The first kappa shape index (κ1) is 19.9. The summed E-state index contributed by atoms with van der Waals surface area (Å²) in [6.45, 7) is 1.93. The fraction of sp³-hybridized carbons (Fsp3) is 0.150. The van der Waals surface area contributed by atoms with E-state index in [0.717, 1.165) is 17.7 Å². The fourth-order valence-corrected chi connectivity index (χ4v) is 3.11. The number of amides is 1. The molecular weight excluding hydrogens is 387 g/mol. The lowest BCUT2D eigenvalue weighted by atomic mass is 10.1. The van der Waals surface area contributed by atoms with Crippen LogP contribution in [0.15, 0.2) is 65.7 Å². The van der Waals surface area contributed by atoms with Crippen molar-refractivity contribution in [1.82, 2.24) is 10.2 Å². The smallest absolute Gasteiger partial charge is 0.305 e. The van der Waals surface area contributed by atoms with Gasteiger partial charge in [0.2, 0.25) is 0 Å². The number of nitrogens with zero attached hydrogens (tertiary/aromatic N) is 2. The Morgan fingerprint density at radius 2 is 1.79 bits per heavy atom. The van der Waals surface area contributed by atoms with E-state index in [4.69, 9.17) is 0 Å². The number of anilines is 1. The largest absolute Gasteiger partial charge is 0.416 e. The molecule has 0 fully saturated rings. The molecule has 1 aromatic heterocycles. The minimum Gasteiger partial charge on any atom is -0.305 e. The molecule has 0 saturated carbocycles. The molecule has 3 aromatic rings. The molecule has 2 aromatic carbocycles. The molecule has 3 rings (SSSR count). The second-order valence-electron chi connectivity index (χ2n) is 6.06. The molecule has 8 heteroatoms. The Hall–Kier alpha value is -2.87. The number of halogens is 3. The van der Waals surface area contributed by atoms with Crippen LogP contribution in [0.4, 0.5) is 19.0 Å². The number of nitrogens with one attached hydrogen (secondary N) is 1. The summed E-state index contributed by atoms with van der Waals surface area (Å²) in [5.74, 6) is 0.334. The van der Waals surface area contributed by atoms with Crippen LogP contribution >= 0.6 is 11.8 Å². The van der Waals surface area contributed by atoms with Crippen LogP contribution in [0.2, 0.25) is 0 Å². The Balaban J connectivity index is 1.59. The molecule has 144 valence electrons. The van der Waals surface area contributed by atoms with E-state index in [1.54, 1.807) is 30.3 Å². The lowest BCUT2D eigenvalue weighted by Crippen LogP contribution is -2.13. The highest BCUT2D eigenvalue weighted by Gasteiger charge is 2.30. The van der Waals surface area contributed by atoms with Crippen molar-refractivity contribution in [2.24, 2.45) is 0 Å². The van der Waals surface area contributed by atoms with Crippen molar-refractivity contribution in [3.63, 3.8) is 0 Å². The Kier molecular flexibility index (Phi) is 5.99. The summed E-state index contributed by atoms with van der Waals surface area (Å²) < 4.78 is 38.3. The number of carbonyl (C=O) groups is 1. The Bertz CT molecular complexity index is 958. The van der Waals surface area contributed by atoms with Crippen molar-refractivity contribution in [3.05, 3.63) is 82.9 Å². The van der Waals surface area contributed by atoms with Crippen molar-refractivity contribution in [2.45, 2.75) is 23.9 Å². The van der Waals surface area contributed by atoms with Crippen molar-refractivity contribution >= 4 is 23.5 Å². The zero-order valence-electron chi connectivity index (χ0n) is 14.8. The molecule has 0 bridgehead atoms. The molecule has 28 heavy (non-hydrogen) atoms. The molecule has 0 aliphatic rings. The number of benzene rings is 2. The van der Waals surface area contributed by atoms with E-state index in [0.29, 0.717) is 27.7 Å². The van der Waals surface area contributed by atoms with Gasteiger partial charge in [-0.05, 0) is 42.8 Å². The SMILES string of the molecule is Cc1ccc(C(=O)Nc2ccc(SCc3cccc(C(F)(F)F)c3)nn2)cc1. The topological polar surface area (TPSA) is 54.9 Å². The highest BCUT2D eigenvalue weighted by atomic mass is 32.2. The predicted molar refractivity (Wildman–Crippen MR) is 102 cm³/mol. The number of rotatable bonds is 5. The zero-order chi connectivity index (χ0) is 20.1. The molecule has 1 amide bonds. The minimum atomic E-state index is -4.36. The van der Waals surface area contributed by atoms with Gasteiger partial charge in [-0.25, -0.2) is 0 Å². The summed E-state index contributed by atoms with van der Waals surface area (Å²) in [5, 5.41) is 11.2. The van der Waals surface area contributed by atoms with Crippen LogP contribution < -0.4 is 5.32 Å². The van der Waals surface area contributed by atoms with Gasteiger partial charge in [0.1, 0.15) is 5.03 Å². The molecule has 0 aliphatic heterocycles. The first-order chi connectivity index (χ1) is 13.3. The first-order valence-corrected chi connectivity index (χ1v) is 9.30. The highest BCUT2D eigenvalue weighted by Crippen LogP contribution is 2.31. The molecule has 0 radical (unpaired) electrons. The Labute approximate surface area is 164 Å². The fourth-order valence-electron chi connectivity index (χ4n) is 2.35. The number of alkyl halides is 3. The van der Waals surface area contributed by atoms with Crippen LogP contribution in [-0.2, 0) is 11.9 Å². The standard InChI is InChI=1S/C20H16F3N3OS/c1-13-5-7-15(8-6-13)19(27)24-17-9-10-18(26-25-17)28-12-14-3-2-4-16(11-14)20(21,22)23/h2-11H,12H2,1H3,(H,24,25,27). The maximum Gasteiger partial charge on any atom is 0.416 e. The number of hydrogen-bond acceptors (Lipinski definition) is 4. The predicted octanol–water partition coefficient (Wildman–Crippen LogP) is 5.35. The van der Waals surface area contributed by atoms with Crippen LogP contribution in [0.3, 0.4) is 0 Å². The number of hydrogen-bond donors (Lipinski definition) is 1. The van der Waals surface area contributed by atoms with Crippen LogP contribution in [0.1, 0.15) is 27.0 Å². The Morgan fingerprint density at radius 3 is 2.43 bits per heavy atom. The number of aryl methyl sites for hydroxylation is 1. The average molecular weight is 403 g/mol. The van der Waals surface area contributed by atoms with Crippen molar-refractivity contribution < 1.29 is 18.0 Å². The molecule has 1 N–H and O–H groups in total. The van der Waals surface area contributed by atoms with Crippen molar-refractivity contribution in [2.75, 3.05) is 5.32 Å². The minimum absolute atomic E-state index is 0.293. The summed E-state index contributed by atoms with van der Waals surface area (Å²) >= 11 is 1.26. The van der Waals surface area contributed by atoms with E-state index < -0.39 is 11.7 Å². The second kappa shape index (κ2) is 8.43. The maximum absolute atomic E-state index is 12.8. The first-order valence-electron chi connectivity index (χ1n) is 8.32. The van der Waals surface area contributed by atoms with Gasteiger partial charge in [-0.15, -0.1) is 10.2 Å². The van der Waals surface area contributed by atoms with Gasteiger partial charge >= 0.3 is 6.18 Å². The van der Waals surface area contributed by atoms with Gasteiger partial charge in [0.05, 0.1) is 5.56 Å². The van der Waals surface area contributed by atoms with E-state index >= 15 is 0 Å². The van der Waals surface area contributed by atoms with Crippen LogP contribution in [0.25, 0.3) is 0 Å². The summed E-state index contributed by atoms with van der Waals surface area (Å²) in [7, 11) is 0. The van der Waals surface area contributed by atoms with E-state index in [-0.39, 0.29) is 5.91 Å². The number of aromatic nitrogens is 2. The molecule has 0 spiro atoms. The highest BCUT2D eigenvalue weighted by molar-refractivity contribution is 7.98. The van der Waals surface area contributed by atoms with Gasteiger partial charge in [0, 0.05) is 11.3 Å². The number of carbonyl (C=O) groups excluding carboxylic acids is 1. The third-order valence-electron chi connectivity index (χ3n) is 3.84. The summed E-state index contributed by atoms with van der Waals surface area (Å²) in [5.41, 5.74) is 1.43.